The number of amides is 1. The van der Waals surface area contributed by atoms with Crippen LogP contribution < -0.4 is 10.1 Å². The molecule has 158 valence electrons. The Morgan fingerprint density at radius 3 is 2.60 bits per heavy atom. The van der Waals surface area contributed by atoms with Crippen molar-refractivity contribution in [2.24, 2.45) is 0 Å². The van der Waals surface area contributed by atoms with Gasteiger partial charge in [-0.25, -0.2) is 4.98 Å². The number of benzene rings is 2. The average molecular weight is 508 g/mol. The molecule has 1 heterocycles. The Kier molecular flexibility index (Phi) is 7.55. The van der Waals surface area contributed by atoms with Gasteiger partial charge in [-0.05, 0) is 67.2 Å². The Bertz CT molecular complexity index is 1060. The number of rotatable bonds is 7. The third kappa shape index (κ3) is 5.42. The molecular weight excluding hydrogens is 484 g/mol. The zero-order chi connectivity index (χ0) is 21.8. The number of carbonyl (C=O) groups excluding carboxylic acids is 1. The lowest BCUT2D eigenvalue weighted by atomic mass is 10.1. The molecule has 0 aliphatic rings. The quantitative estimate of drug-likeness (QED) is 0.342. The summed E-state index contributed by atoms with van der Waals surface area (Å²) in [4.78, 5) is 18.0. The highest BCUT2D eigenvalue weighted by molar-refractivity contribution is 9.10. The van der Waals surface area contributed by atoms with E-state index in [0.29, 0.717) is 24.6 Å². The molecule has 0 aliphatic carbocycles. The summed E-state index contributed by atoms with van der Waals surface area (Å²) in [6.45, 7) is 8.41. The average Bonchev–Trinajstić information content (AvgIpc) is 3.07. The normalized spacial score (nSPS) is 10.9. The van der Waals surface area contributed by atoms with Crippen LogP contribution in [-0.4, -0.2) is 17.5 Å². The van der Waals surface area contributed by atoms with Gasteiger partial charge in [0, 0.05) is 21.9 Å². The number of thiazole rings is 1. The van der Waals surface area contributed by atoms with E-state index >= 15 is 0 Å². The Morgan fingerprint density at radius 2 is 1.90 bits per heavy atom. The first-order valence-corrected chi connectivity index (χ1v) is 11.7. The van der Waals surface area contributed by atoms with Crippen molar-refractivity contribution in [2.45, 2.75) is 40.5 Å². The molecule has 0 atom stereocenters. The summed E-state index contributed by atoms with van der Waals surface area (Å²) in [5.74, 6) is 0.679. The predicted molar refractivity (Wildman–Crippen MR) is 129 cm³/mol. The molecule has 0 fully saturated rings. The molecule has 0 saturated carbocycles. The number of aromatic nitrogens is 1. The topological polar surface area (TPSA) is 51.2 Å². The lowest BCUT2D eigenvalue weighted by Crippen LogP contribution is -2.12. The number of carbonyl (C=O) groups is 1. The zero-order valence-corrected chi connectivity index (χ0v) is 20.6. The highest BCUT2D eigenvalue weighted by Gasteiger charge is 2.13. The maximum Gasteiger partial charge on any atom is 0.226 e. The van der Waals surface area contributed by atoms with Crippen molar-refractivity contribution in [1.82, 2.24) is 4.98 Å². The number of nitrogens with zero attached hydrogens (tertiary/aromatic N) is 1. The van der Waals surface area contributed by atoms with Crippen LogP contribution >= 0.6 is 38.9 Å². The van der Waals surface area contributed by atoms with E-state index in [4.69, 9.17) is 16.3 Å². The van der Waals surface area contributed by atoms with Crippen molar-refractivity contribution in [3.63, 3.8) is 0 Å². The Morgan fingerprint density at radius 1 is 1.20 bits per heavy atom. The van der Waals surface area contributed by atoms with Gasteiger partial charge in [0.2, 0.25) is 5.91 Å². The van der Waals surface area contributed by atoms with Crippen molar-refractivity contribution >= 4 is 49.9 Å². The van der Waals surface area contributed by atoms with Crippen LogP contribution in [0.3, 0.4) is 0 Å². The van der Waals surface area contributed by atoms with Gasteiger partial charge in [-0.1, -0.05) is 41.4 Å². The lowest BCUT2D eigenvalue weighted by molar-refractivity contribution is -0.116. The first-order chi connectivity index (χ1) is 14.3. The number of hydrogen-bond donors (Lipinski definition) is 1. The Hall–Kier alpha value is -1.89. The van der Waals surface area contributed by atoms with E-state index in [0.717, 1.165) is 42.5 Å². The van der Waals surface area contributed by atoms with E-state index in [2.05, 4.69) is 57.4 Å². The molecule has 2 aromatic carbocycles. The first-order valence-electron chi connectivity index (χ1n) is 9.68. The third-order valence-electron chi connectivity index (χ3n) is 4.74. The second kappa shape index (κ2) is 9.94. The summed E-state index contributed by atoms with van der Waals surface area (Å²) in [6.07, 6.45) is 0.968. The second-order valence-electron chi connectivity index (χ2n) is 7.23. The lowest BCUT2D eigenvalue weighted by Gasteiger charge is -2.13. The van der Waals surface area contributed by atoms with Gasteiger partial charge < -0.3 is 10.1 Å². The summed E-state index contributed by atoms with van der Waals surface area (Å²) < 4.78 is 6.70. The molecule has 3 aromatic rings. The molecule has 30 heavy (non-hydrogen) atoms. The van der Waals surface area contributed by atoms with E-state index < -0.39 is 0 Å². The van der Waals surface area contributed by atoms with Crippen LogP contribution in [0.15, 0.2) is 34.8 Å². The van der Waals surface area contributed by atoms with Gasteiger partial charge >= 0.3 is 0 Å². The summed E-state index contributed by atoms with van der Waals surface area (Å²) >= 11 is 11.3. The molecule has 3 rings (SSSR count). The first kappa shape index (κ1) is 22.8. The summed E-state index contributed by atoms with van der Waals surface area (Å²) in [5.41, 5.74) is 5.10. The van der Waals surface area contributed by atoms with Crippen LogP contribution in [0.2, 0.25) is 5.02 Å². The number of nitrogens with one attached hydrogen (secondary N) is 1. The minimum Gasteiger partial charge on any atom is -0.492 e. The molecule has 1 N–H and O–H groups in total. The van der Waals surface area contributed by atoms with Crippen molar-refractivity contribution in [3.05, 3.63) is 61.4 Å². The van der Waals surface area contributed by atoms with Crippen LogP contribution in [0, 0.1) is 27.7 Å². The third-order valence-corrected chi connectivity index (χ3v) is 7.20. The van der Waals surface area contributed by atoms with Gasteiger partial charge in [0.25, 0.3) is 0 Å². The maximum absolute atomic E-state index is 12.3. The standard InChI is InChI=1S/C23H24BrClN2O2S/c1-13-7-9-17(10-8-13)22-16(4)30-23(27-22)26-19(28)6-5-11-29-18-12-14(2)21(25)15(3)20(18)24/h7-10,12H,5-6,11H2,1-4H3,(H,26,27,28). The Balaban J connectivity index is 1.52. The smallest absolute Gasteiger partial charge is 0.226 e. The number of halogens is 2. The number of ether oxygens (including phenoxy) is 1. The van der Waals surface area contributed by atoms with Crippen LogP contribution in [0.4, 0.5) is 5.13 Å². The fourth-order valence-corrected chi connectivity index (χ4v) is 4.57. The van der Waals surface area contributed by atoms with E-state index in [9.17, 15) is 4.79 Å². The fraction of sp³-hybridized carbons (Fsp3) is 0.304. The number of anilines is 1. The van der Waals surface area contributed by atoms with E-state index in [-0.39, 0.29) is 5.91 Å². The molecule has 7 heteroatoms. The number of aryl methyl sites for hydroxylation is 3. The molecule has 4 nitrogen and oxygen atoms in total. The van der Waals surface area contributed by atoms with Gasteiger partial charge in [-0.15, -0.1) is 11.3 Å². The maximum atomic E-state index is 12.3. The molecular formula is C23H24BrClN2O2S. The van der Waals surface area contributed by atoms with Crippen molar-refractivity contribution in [1.29, 1.82) is 0 Å². The van der Waals surface area contributed by atoms with Gasteiger partial charge in [-0.3, -0.25) is 4.79 Å². The fourth-order valence-electron chi connectivity index (χ4n) is 3.03. The van der Waals surface area contributed by atoms with Crippen LogP contribution in [0.5, 0.6) is 5.75 Å². The summed E-state index contributed by atoms with van der Waals surface area (Å²) in [6, 6.07) is 10.1. The Labute approximate surface area is 194 Å². The van der Waals surface area contributed by atoms with Crippen LogP contribution in [0.1, 0.15) is 34.4 Å². The molecule has 0 bridgehead atoms. The van der Waals surface area contributed by atoms with Crippen molar-refractivity contribution in [3.8, 4) is 17.0 Å². The van der Waals surface area contributed by atoms with E-state index in [1.54, 1.807) is 0 Å². The van der Waals surface area contributed by atoms with Crippen LogP contribution in [-0.2, 0) is 4.79 Å². The molecule has 0 unspecified atom stereocenters. The van der Waals surface area contributed by atoms with Gasteiger partial charge in [0.05, 0.1) is 16.8 Å². The molecule has 0 radical (unpaired) electrons. The minimum atomic E-state index is -0.0645. The zero-order valence-electron chi connectivity index (χ0n) is 17.4. The second-order valence-corrected chi connectivity index (χ2v) is 9.61. The molecule has 1 amide bonds. The molecule has 1 aromatic heterocycles. The summed E-state index contributed by atoms with van der Waals surface area (Å²) in [5, 5.41) is 4.27. The monoisotopic (exact) mass is 506 g/mol. The van der Waals surface area contributed by atoms with Gasteiger partial charge in [0.1, 0.15) is 5.75 Å². The highest BCUT2D eigenvalue weighted by Crippen LogP contribution is 2.36. The van der Waals surface area contributed by atoms with Crippen molar-refractivity contribution in [2.75, 3.05) is 11.9 Å². The molecule has 0 spiro atoms. The minimum absolute atomic E-state index is 0.0645. The van der Waals surface area contributed by atoms with E-state index in [1.807, 2.05) is 26.8 Å². The van der Waals surface area contributed by atoms with Crippen molar-refractivity contribution < 1.29 is 9.53 Å². The summed E-state index contributed by atoms with van der Waals surface area (Å²) in [7, 11) is 0. The highest BCUT2D eigenvalue weighted by atomic mass is 79.9. The number of hydrogen-bond acceptors (Lipinski definition) is 4. The molecule has 0 saturated heterocycles. The van der Waals surface area contributed by atoms with Gasteiger partial charge in [0.15, 0.2) is 5.13 Å². The SMILES string of the molecule is Cc1ccc(-c2nc(NC(=O)CCCOc3cc(C)c(Cl)c(C)c3Br)sc2C)cc1. The largest absolute Gasteiger partial charge is 0.492 e. The van der Waals surface area contributed by atoms with Crippen LogP contribution in [0.25, 0.3) is 11.3 Å². The van der Waals surface area contributed by atoms with Gasteiger partial charge in [-0.2, -0.15) is 0 Å². The van der Waals surface area contributed by atoms with E-state index in [1.165, 1.54) is 16.9 Å². The molecule has 0 aliphatic heterocycles. The predicted octanol–water partition coefficient (Wildman–Crippen LogP) is 7.26.